The zero-order chi connectivity index (χ0) is 11.7. The molecule has 5 nitrogen and oxygen atoms in total. The van der Waals surface area contributed by atoms with Crippen molar-refractivity contribution < 1.29 is 9.90 Å². The van der Waals surface area contributed by atoms with Crippen LogP contribution < -0.4 is 5.32 Å². The molecule has 0 saturated heterocycles. The fourth-order valence-corrected chi connectivity index (χ4v) is 1.57. The molecule has 0 fully saturated rings. The molecule has 0 aliphatic rings. The number of H-pyrrole nitrogens is 1. The number of amides is 1. The number of hydrogen-bond donors (Lipinski definition) is 3. The van der Waals surface area contributed by atoms with Crippen LogP contribution in [0, 0.1) is 13.8 Å². The first-order valence-corrected chi connectivity index (χ1v) is 4.99. The van der Waals surface area contributed by atoms with Crippen molar-refractivity contribution in [3.8, 4) is 0 Å². The molecule has 1 aromatic heterocycles. The first kappa shape index (κ1) is 10.5. The summed E-state index contributed by atoms with van der Waals surface area (Å²) in [6.45, 7) is 4.26. The van der Waals surface area contributed by atoms with Gasteiger partial charge in [-0.15, -0.1) is 0 Å². The van der Waals surface area contributed by atoms with Gasteiger partial charge in [-0.1, -0.05) is 0 Å². The zero-order valence-corrected chi connectivity index (χ0v) is 9.16. The number of benzene rings is 1. The summed E-state index contributed by atoms with van der Waals surface area (Å²) in [5.74, 6) is 0.627. The second-order valence-corrected chi connectivity index (χ2v) is 3.80. The molecule has 2 rings (SSSR count). The Kier molecular flexibility index (Phi) is 2.52. The van der Waals surface area contributed by atoms with Crippen molar-refractivity contribution in [1.29, 1.82) is 0 Å². The summed E-state index contributed by atoms with van der Waals surface area (Å²) in [4.78, 5) is 17.7. The Labute approximate surface area is 92.5 Å². The summed E-state index contributed by atoms with van der Waals surface area (Å²) in [7, 11) is 0. The monoisotopic (exact) mass is 219 g/mol. The van der Waals surface area contributed by atoms with Crippen LogP contribution >= 0.6 is 0 Å². The zero-order valence-electron chi connectivity index (χ0n) is 9.16. The van der Waals surface area contributed by atoms with Crippen molar-refractivity contribution in [3.05, 3.63) is 29.1 Å². The Morgan fingerprint density at radius 3 is 2.81 bits per heavy atom. The van der Waals surface area contributed by atoms with Crippen LogP contribution in [0.2, 0.25) is 0 Å². The molecule has 0 radical (unpaired) electrons. The number of fused-ring (bicyclic) bond motifs is 1. The normalized spacial score (nSPS) is 10.6. The van der Waals surface area contributed by atoms with E-state index >= 15 is 0 Å². The van der Waals surface area contributed by atoms with Crippen LogP contribution in [0.15, 0.2) is 12.1 Å². The maximum Gasteiger partial charge on any atom is 0.405 e. The minimum Gasteiger partial charge on any atom is -0.465 e. The summed E-state index contributed by atoms with van der Waals surface area (Å²) in [5, 5.41) is 10.8. The summed E-state index contributed by atoms with van der Waals surface area (Å²) in [6.07, 6.45) is -1.05. The highest BCUT2D eigenvalue weighted by Crippen LogP contribution is 2.17. The number of imidazole rings is 1. The number of aryl methyl sites for hydroxylation is 2. The third-order valence-corrected chi connectivity index (χ3v) is 2.55. The van der Waals surface area contributed by atoms with Crippen LogP contribution in [-0.2, 0) is 6.54 Å². The highest BCUT2D eigenvalue weighted by molar-refractivity contribution is 5.77. The van der Waals surface area contributed by atoms with Crippen molar-refractivity contribution in [2.24, 2.45) is 0 Å². The Morgan fingerprint density at radius 2 is 2.12 bits per heavy atom. The predicted octanol–water partition coefficient (Wildman–Crippen LogP) is 1.95. The van der Waals surface area contributed by atoms with Crippen molar-refractivity contribution in [2.75, 3.05) is 0 Å². The molecule has 5 heteroatoms. The number of aromatic amines is 1. The van der Waals surface area contributed by atoms with Crippen LogP contribution in [0.5, 0.6) is 0 Å². The van der Waals surface area contributed by atoms with Crippen LogP contribution in [0.1, 0.15) is 17.0 Å². The number of carboxylic acid groups (broad SMARTS) is 1. The highest BCUT2D eigenvalue weighted by Gasteiger charge is 2.05. The van der Waals surface area contributed by atoms with Gasteiger partial charge in [0, 0.05) is 0 Å². The maximum absolute atomic E-state index is 10.3. The van der Waals surface area contributed by atoms with E-state index in [1.165, 1.54) is 11.1 Å². The van der Waals surface area contributed by atoms with Crippen LogP contribution in [0.3, 0.4) is 0 Å². The van der Waals surface area contributed by atoms with Gasteiger partial charge in [-0.2, -0.15) is 0 Å². The predicted molar refractivity (Wildman–Crippen MR) is 60.4 cm³/mol. The average molecular weight is 219 g/mol. The van der Waals surface area contributed by atoms with Crippen molar-refractivity contribution in [3.63, 3.8) is 0 Å². The fourth-order valence-electron chi connectivity index (χ4n) is 1.57. The SMILES string of the molecule is Cc1cc2nc(CNC(=O)O)[nH]c2cc1C. The van der Waals surface area contributed by atoms with E-state index in [2.05, 4.69) is 15.3 Å². The van der Waals surface area contributed by atoms with Crippen molar-refractivity contribution in [1.82, 2.24) is 15.3 Å². The molecule has 0 unspecified atom stereocenters. The molecule has 1 heterocycles. The lowest BCUT2D eigenvalue weighted by molar-refractivity contribution is 0.193. The minimum atomic E-state index is -1.05. The molecule has 84 valence electrons. The van der Waals surface area contributed by atoms with E-state index in [9.17, 15) is 4.79 Å². The third kappa shape index (κ3) is 1.98. The van der Waals surface area contributed by atoms with E-state index < -0.39 is 6.09 Å². The molecule has 0 bridgehead atoms. The Bertz CT molecular complexity index is 506. The van der Waals surface area contributed by atoms with Gasteiger partial charge in [-0.25, -0.2) is 9.78 Å². The molecule has 0 aliphatic heterocycles. The van der Waals surface area contributed by atoms with E-state index in [0.29, 0.717) is 5.82 Å². The van der Waals surface area contributed by atoms with Crippen LogP contribution in [0.4, 0.5) is 4.79 Å². The number of nitrogens with zero attached hydrogens (tertiary/aromatic N) is 1. The summed E-state index contributed by atoms with van der Waals surface area (Å²) >= 11 is 0. The number of aromatic nitrogens is 2. The van der Waals surface area contributed by atoms with Crippen LogP contribution in [-0.4, -0.2) is 21.2 Å². The lowest BCUT2D eigenvalue weighted by Gasteiger charge is -1.97. The molecule has 2 aromatic rings. The largest absolute Gasteiger partial charge is 0.465 e. The molecule has 3 N–H and O–H groups in total. The molecular weight excluding hydrogens is 206 g/mol. The number of rotatable bonds is 2. The standard InChI is InChI=1S/C11H13N3O2/c1-6-3-8-9(4-7(6)2)14-10(13-8)5-12-11(15)16/h3-4,12H,5H2,1-2H3,(H,13,14)(H,15,16). The fraction of sp³-hybridized carbons (Fsp3) is 0.273. The molecular formula is C11H13N3O2. The van der Waals surface area contributed by atoms with Crippen LogP contribution in [0.25, 0.3) is 11.0 Å². The van der Waals surface area contributed by atoms with Gasteiger partial charge in [0.2, 0.25) is 0 Å². The summed E-state index contributed by atoms with van der Waals surface area (Å²) < 4.78 is 0. The summed E-state index contributed by atoms with van der Waals surface area (Å²) in [5.41, 5.74) is 4.17. The molecule has 0 atom stereocenters. The van der Waals surface area contributed by atoms with Gasteiger partial charge in [-0.3, -0.25) is 0 Å². The Hall–Kier alpha value is -2.04. The maximum atomic E-state index is 10.3. The van der Waals surface area contributed by atoms with E-state index in [-0.39, 0.29) is 6.54 Å². The topological polar surface area (TPSA) is 78.0 Å². The lowest BCUT2D eigenvalue weighted by Crippen LogP contribution is -2.20. The van der Waals surface area contributed by atoms with E-state index in [1.807, 2.05) is 26.0 Å². The molecule has 16 heavy (non-hydrogen) atoms. The van der Waals surface area contributed by atoms with E-state index in [0.717, 1.165) is 11.0 Å². The lowest BCUT2D eigenvalue weighted by atomic mass is 10.1. The van der Waals surface area contributed by atoms with Crippen molar-refractivity contribution in [2.45, 2.75) is 20.4 Å². The molecule has 0 saturated carbocycles. The molecule has 1 amide bonds. The van der Waals surface area contributed by atoms with Gasteiger partial charge >= 0.3 is 6.09 Å². The third-order valence-electron chi connectivity index (χ3n) is 2.55. The summed E-state index contributed by atoms with van der Waals surface area (Å²) in [6, 6.07) is 4.01. The molecule has 0 spiro atoms. The smallest absolute Gasteiger partial charge is 0.405 e. The Morgan fingerprint density at radius 1 is 1.44 bits per heavy atom. The van der Waals surface area contributed by atoms with Gasteiger partial charge in [-0.05, 0) is 37.1 Å². The quantitative estimate of drug-likeness (QED) is 0.722. The van der Waals surface area contributed by atoms with Gasteiger partial charge in [0.15, 0.2) is 0 Å². The van der Waals surface area contributed by atoms with Gasteiger partial charge < -0.3 is 15.4 Å². The van der Waals surface area contributed by atoms with Gasteiger partial charge in [0.1, 0.15) is 5.82 Å². The number of nitrogens with one attached hydrogen (secondary N) is 2. The second kappa shape index (κ2) is 3.84. The molecule has 1 aromatic carbocycles. The van der Waals surface area contributed by atoms with Crippen molar-refractivity contribution >= 4 is 17.1 Å². The number of hydrogen-bond acceptors (Lipinski definition) is 2. The van der Waals surface area contributed by atoms with Gasteiger partial charge in [0.05, 0.1) is 17.6 Å². The first-order valence-electron chi connectivity index (χ1n) is 4.99. The van der Waals surface area contributed by atoms with E-state index in [4.69, 9.17) is 5.11 Å². The molecule has 0 aliphatic carbocycles. The average Bonchev–Trinajstić information content (AvgIpc) is 2.58. The first-order chi connectivity index (χ1) is 7.56. The highest BCUT2D eigenvalue weighted by atomic mass is 16.4. The minimum absolute atomic E-state index is 0.197. The second-order valence-electron chi connectivity index (χ2n) is 3.80. The number of carbonyl (C=O) groups is 1. The van der Waals surface area contributed by atoms with E-state index in [1.54, 1.807) is 0 Å². The Balaban J connectivity index is 2.33. The van der Waals surface area contributed by atoms with Gasteiger partial charge in [0.25, 0.3) is 0 Å².